The fourth-order valence-electron chi connectivity index (χ4n) is 2.53. The second kappa shape index (κ2) is 8.76. The van der Waals surface area contributed by atoms with Crippen molar-refractivity contribution >= 4 is 18.2 Å². The van der Waals surface area contributed by atoms with Gasteiger partial charge in [-0.25, -0.2) is 0 Å². The third kappa shape index (κ3) is 5.98. The zero-order valence-electron chi connectivity index (χ0n) is 15.1. The molecule has 1 aliphatic carbocycles. The second-order valence-electron chi connectivity index (χ2n) is 6.75. The molecule has 0 spiro atoms. The zero-order chi connectivity index (χ0) is 19.2. The van der Waals surface area contributed by atoms with Crippen molar-refractivity contribution in [3.05, 3.63) is 36.5 Å². The Kier molecular flexibility index (Phi) is 7.30. The molecule has 1 aliphatic rings. The molecule has 1 N–H and O–H groups in total. The average molecular weight is 350 g/mol. The molecule has 6 heteroatoms. The van der Waals surface area contributed by atoms with Crippen molar-refractivity contribution in [2.45, 2.75) is 51.9 Å². The third-order valence-corrected chi connectivity index (χ3v) is 4.04. The maximum atomic E-state index is 12.1. The minimum Gasteiger partial charge on any atom is -0.461 e. The molecule has 0 saturated heterocycles. The van der Waals surface area contributed by atoms with Crippen LogP contribution >= 0.6 is 0 Å². The number of ketones is 1. The molecule has 0 amide bonds. The summed E-state index contributed by atoms with van der Waals surface area (Å²) in [6.45, 7) is 10.5. The molecule has 0 aromatic carbocycles. The highest BCUT2D eigenvalue weighted by Crippen LogP contribution is 2.29. The first-order chi connectivity index (χ1) is 11.6. The first-order valence-corrected chi connectivity index (χ1v) is 8.17. The van der Waals surface area contributed by atoms with Crippen LogP contribution in [0.1, 0.15) is 34.1 Å². The molecule has 0 fully saturated rings. The van der Waals surface area contributed by atoms with E-state index >= 15 is 0 Å². The lowest BCUT2D eigenvalue weighted by atomic mass is 9.84. The summed E-state index contributed by atoms with van der Waals surface area (Å²) < 4.78 is 10.6. The molecule has 0 saturated carbocycles. The maximum absolute atomic E-state index is 12.1. The number of ether oxygens (including phenoxy) is 2. The smallest absolute Gasteiger partial charge is 0.308 e. The molecule has 138 valence electrons. The van der Waals surface area contributed by atoms with E-state index in [9.17, 15) is 19.5 Å². The van der Waals surface area contributed by atoms with Crippen LogP contribution in [0.5, 0.6) is 0 Å². The van der Waals surface area contributed by atoms with Crippen molar-refractivity contribution in [1.29, 1.82) is 0 Å². The number of aliphatic hydroxyl groups is 1. The lowest BCUT2D eigenvalue weighted by Gasteiger charge is -2.33. The quantitative estimate of drug-likeness (QED) is 0.464. The first-order valence-electron chi connectivity index (χ1n) is 8.17. The van der Waals surface area contributed by atoms with Gasteiger partial charge < -0.3 is 14.6 Å². The Labute approximate surface area is 148 Å². The Bertz CT molecular complexity index is 585. The topological polar surface area (TPSA) is 89.9 Å². The Morgan fingerprint density at radius 1 is 1.48 bits per heavy atom. The zero-order valence-corrected chi connectivity index (χ0v) is 15.1. The van der Waals surface area contributed by atoms with Crippen LogP contribution in [0.15, 0.2) is 36.5 Å². The summed E-state index contributed by atoms with van der Waals surface area (Å²) in [7, 11) is 0. The van der Waals surface area contributed by atoms with Gasteiger partial charge in [-0.3, -0.25) is 14.4 Å². The maximum Gasteiger partial charge on any atom is 0.308 e. The molecule has 25 heavy (non-hydrogen) atoms. The van der Waals surface area contributed by atoms with Gasteiger partial charge in [-0.1, -0.05) is 19.9 Å². The van der Waals surface area contributed by atoms with Crippen molar-refractivity contribution in [2.24, 2.45) is 11.8 Å². The summed E-state index contributed by atoms with van der Waals surface area (Å²) >= 11 is 0. The van der Waals surface area contributed by atoms with Gasteiger partial charge >= 0.3 is 5.97 Å². The number of allylic oxidation sites excluding steroid dienone is 2. The second-order valence-corrected chi connectivity index (χ2v) is 6.75. The molecule has 4 atom stereocenters. The Morgan fingerprint density at radius 2 is 2.12 bits per heavy atom. The van der Waals surface area contributed by atoms with Gasteiger partial charge in [-0.15, -0.1) is 6.58 Å². The van der Waals surface area contributed by atoms with E-state index in [1.165, 1.54) is 31.2 Å². The van der Waals surface area contributed by atoms with Gasteiger partial charge in [-0.2, -0.15) is 0 Å². The van der Waals surface area contributed by atoms with Crippen molar-refractivity contribution in [3.8, 4) is 0 Å². The number of esters is 1. The lowest BCUT2D eigenvalue weighted by molar-refractivity contribution is -0.160. The summed E-state index contributed by atoms with van der Waals surface area (Å²) in [6.07, 6.45) is 4.05. The molecule has 0 aromatic heterocycles. The third-order valence-electron chi connectivity index (χ3n) is 4.04. The molecule has 0 aliphatic heterocycles. The Morgan fingerprint density at radius 3 is 2.64 bits per heavy atom. The van der Waals surface area contributed by atoms with Crippen molar-refractivity contribution in [1.82, 2.24) is 0 Å². The minimum absolute atomic E-state index is 0.0253. The van der Waals surface area contributed by atoms with E-state index in [1.54, 1.807) is 20.8 Å². The number of carbonyl (C=O) groups is 3. The lowest BCUT2D eigenvalue weighted by Crippen LogP contribution is -2.41. The number of hydrogen-bond acceptors (Lipinski definition) is 6. The van der Waals surface area contributed by atoms with Crippen LogP contribution in [0.3, 0.4) is 0 Å². The van der Waals surface area contributed by atoms with Crippen molar-refractivity contribution < 1.29 is 29.0 Å². The van der Waals surface area contributed by atoms with Crippen LogP contribution in [-0.2, 0) is 23.9 Å². The molecule has 4 unspecified atom stereocenters. The number of hydrogen-bond donors (Lipinski definition) is 1. The SMILES string of the molecule is C=CC1C(OC=O)/C=C(/C)C(=O)/C=C/C(C)(O)CC1OC(=O)C(C)C. The van der Waals surface area contributed by atoms with Gasteiger partial charge in [0.15, 0.2) is 5.78 Å². The summed E-state index contributed by atoms with van der Waals surface area (Å²) in [5.74, 6) is -1.71. The normalized spacial score (nSPS) is 33.8. The summed E-state index contributed by atoms with van der Waals surface area (Å²) in [6, 6.07) is 0. The van der Waals surface area contributed by atoms with E-state index < -0.39 is 29.7 Å². The van der Waals surface area contributed by atoms with Crippen molar-refractivity contribution in [3.63, 3.8) is 0 Å². The highest BCUT2D eigenvalue weighted by atomic mass is 16.6. The van der Waals surface area contributed by atoms with E-state index in [1.807, 2.05) is 0 Å². The van der Waals surface area contributed by atoms with Gasteiger partial charge in [0.1, 0.15) is 12.2 Å². The predicted octanol–water partition coefficient (Wildman–Crippen LogP) is 2.12. The molecular formula is C19H26O6. The summed E-state index contributed by atoms with van der Waals surface area (Å²) in [4.78, 5) is 35.1. The van der Waals surface area contributed by atoms with Crippen LogP contribution in [0.4, 0.5) is 0 Å². The average Bonchev–Trinajstić information content (AvgIpc) is 2.52. The van der Waals surface area contributed by atoms with Gasteiger partial charge in [0.05, 0.1) is 17.4 Å². The van der Waals surface area contributed by atoms with Crippen LogP contribution in [0, 0.1) is 11.8 Å². The monoisotopic (exact) mass is 350 g/mol. The number of rotatable bonds is 5. The van der Waals surface area contributed by atoms with E-state index in [0.29, 0.717) is 5.57 Å². The van der Waals surface area contributed by atoms with Crippen molar-refractivity contribution in [2.75, 3.05) is 0 Å². The molecular weight excluding hydrogens is 324 g/mol. The van der Waals surface area contributed by atoms with Crippen LogP contribution in [0.2, 0.25) is 0 Å². The first kappa shape index (κ1) is 20.8. The fourth-order valence-corrected chi connectivity index (χ4v) is 2.53. The van der Waals surface area contributed by atoms with E-state index in [0.717, 1.165) is 0 Å². The molecule has 0 heterocycles. The Balaban J connectivity index is 3.37. The fraction of sp³-hybridized carbons (Fsp3) is 0.526. The standard InChI is InChI=1S/C19H26O6/c1-6-14-16(24-11-20)9-13(4)15(21)7-8-19(5,23)10-17(14)25-18(22)12(2)3/h6-9,11-12,14,16-17,23H,1,10H2,2-5H3/b8-7+,13-9-. The summed E-state index contributed by atoms with van der Waals surface area (Å²) in [5, 5.41) is 10.6. The van der Waals surface area contributed by atoms with Crippen LogP contribution in [0.25, 0.3) is 0 Å². The van der Waals surface area contributed by atoms with Gasteiger partial charge in [0.2, 0.25) is 0 Å². The van der Waals surface area contributed by atoms with E-state index in [2.05, 4.69) is 6.58 Å². The highest BCUT2D eigenvalue weighted by molar-refractivity contribution is 6.03. The van der Waals surface area contributed by atoms with E-state index in [-0.39, 0.29) is 24.6 Å². The minimum atomic E-state index is -1.39. The molecule has 0 aromatic rings. The molecule has 6 nitrogen and oxygen atoms in total. The summed E-state index contributed by atoms with van der Waals surface area (Å²) in [5.41, 5.74) is -1.04. The van der Waals surface area contributed by atoms with Gasteiger partial charge in [0, 0.05) is 6.42 Å². The predicted molar refractivity (Wildman–Crippen MR) is 92.5 cm³/mol. The van der Waals surface area contributed by atoms with Crippen LogP contribution in [-0.4, -0.2) is 41.1 Å². The molecule has 0 radical (unpaired) electrons. The molecule has 0 bridgehead atoms. The number of carbonyl (C=O) groups excluding carboxylic acids is 3. The van der Waals surface area contributed by atoms with E-state index in [4.69, 9.17) is 9.47 Å². The Hall–Kier alpha value is -2.21. The highest BCUT2D eigenvalue weighted by Gasteiger charge is 2.36. The largest absolute Gasteiger partial charge is 0.461 e. The van der Waals surface area contributed by atoms with Crippen LogP contribution < -0.4 is 0 Å². The van der Waals surface area contributed by atoms with Gasteiger partial charge in [-0.05, 0) is 37.6 Å². The van der Waals surface area contributed by atoms with Gasteiger partial charge in [0.25, 0.3) is 6.47 Å². The molecule has 1 rings (SSSR count).